The van der Waals surface area contributed by atoms with Crippen LogP contribution in [0.4, 0.5) is 17.6 Å². The van der Waals surface area contributed by atoms with Gasteiger partial charge in [-0.1, -0.05) is 146 Å². The lowest BCUT2D eigenvalue weighted by Gasteiger charge is -2.20. The fourth-order valence-corrected chi connectivity index (χ4v) is 11.1. The third-order valence-electron chi connectivity index (χ3n) is 14.0. The van der Waals surface area contributed by atoms with E-state index in [9.17, 15) is 17.6 Å². The van der Waals surface area contributed by atoms with Gasteiger partial charge in [-0.25, -0.2) is 17.6 Å². The van der Waals surface area contributed by atoms with Gasteiger partial charge in [-0.3, -0.25) is 0 Å². The second-order valence-corrected chi connectivity index (χ2v) is 17.2. The smallest absolute Gasteiger partial charge is 0.171 e. The fourth-order valence-electron chi connectivity index (χ4n) is 11.1. The molecule has 0 aliphatic carbocycles. The first-order chi connectivity index (χ1) is 33.2. The molecule has 0 amide bonds. The van der Waals surface area contributed by atoms with Crippen molar-refractivity contribution in [3.05, 3.63) is 179 Å². The van der Waals surface area contributed by atoms with Crippen LogP contribution in [0, 0.1) is 68.6 Å². The number of hydrogen-bond donors (Lipinski definition) is 0. The van der Waals surface area contributed by atoms with Crippen LogP contribution in [0.1, 0.15) is 0 Å². The van der Waals surface area contributed by atoms with Crippen molar-refractivity contribution in [1.82, 2.24) is 0 Å². The minimum Gasteiger partial charge on any atom is -0.203 e. The summed E-state index contributed by atoms with van der Waals surface area (Å²) in [6, 6.07) is 58.9. The van der Waals surface area contributed by atoms with Crippen molar-refractivity contribution in [3.63, 3.8) is 0 Å². The lowest BCUT2D eigenvalue weighted by Crippen LogP contribution is -2.31. The Morgan fingerprint density at radius 1 is 0.221 bits per heavy atom. The molecule has 0 unspecified atom stereocenters. The Balaban J connectivity index is 0.000000102. The summed E-state index contributed by atoms with van der Waals surface area (Å²) < 4.78 is 54.5. The standard InChI is InChI=1S/2C24H12.C12F4N4/c2*1-2-14-5-6-16-9-11-18-12-10-17-8-7-15-4-3-13(1)19-20(14)22(16)24(18)23(17)21(15)19;13-9-7(5(1-17)2-18)10(14)12(16)8(11(9)15)6(3-19)4-20/h2*1-12H;. The maximum atomic E-state index is 13.6. The number of benzene rings is 15. The molecule has 15 rings (SSSR count). The van der Waals surface area contributed by atoms with Gasteiger partial charge < -0.3 is 0 Å². The molecule has 0 saturated carbocycles. The SMILES string of the molecule is N#CC(C#N)=c1c(F)c(F)c(=C(C#N)C#N)c(F)c1F.c1cc2ccc3ccc4ccc5ccc6ccc1c1c2c3c4c5c61.c1cc2ccc3ccc4ccc5ccc6ccc1c1c2c3c4c5c61. The van der Waals surface area contributed by atoms with Crippen LogP contribution in [0.2, 0.25) is 0 Å². The zero-order chi connectivity index (χ0) is 46.3. The van der Waals surface area contributed by atoms with Crippen LogP contribution in [-0.2, 0) is 0 Å². The number of hydrogen-bond acceptors (Lipinski definition) is 4. The molecule has 0 fully saturated rings. The van der Waals surface area contributed by atoms with Crippen LogP contribution < -0.4 is 10.4 Å². The molecule has 0 radical (unpaired) electrons. The molecular formula is C60H24F4N4. The van der Waals surface area contributed by atoms with Gasteiger partial charge in [0.25, 0.3) is 0 Å². The molecule has 0 saturated heterocycles. The van der Waals surface area contributed by atoms with Crippen LogP contribution in [0.5, 0.6) is 0 Å². The van der Waals surface area contributed by atoms with Crippen LogP contribution in [0.25, 0.3) is 140 Å². The van der Waals surface area contributed by atoms with Crippen molar-refractivity contribution >= 4 is 140 Å². The Bertz CT molecular complexity index is 3780. The summed E-state index contributed by atoms with van der Waals surface area (Å²) >= 11 is 0. The van der Waals surface area contributed by atoms with E-state index in [1.54, 1.807) is 0 Å². The van der Waals surface area contributed by atoms with E-state index in [1.807, 2.05) is 0 Å². The number of halogens is 4. The van der Waals surface area contributed by atoms with E-state index < -0.39 is 44.9 Å². The number of nitrogens with zero attached hydrogens (tertiary/aromatic N) is 4. The minimum atomic E-state index is -2.03. The lowest BCUT2D eigenvalue weighted by molar-refractivity contribution is 0.434. The Kier molecular flexibility index (Phi) is 7.97. The van der Waals surface area contributed by atoms with Crippen molar-refractivity contribution in [3.8, 4) is 24.3 Å². The highest BCUT2D eigenvalue weighted by atomic mass is 19.2. The summed E-state index contributed by atoms with van der Waals surface area (Å²) in [5, 5.41) is 64.4. The summed E-state index contributed by atoms with van der Waals surface area (Å²) in [6.07, 6.45) is 0. The molecule has 15 aromatic carbocycles. The van der Waals surface area contributed by atoms with Crippen LogP contribution in [-0.4, -0.2) is 0 Å². The van der Waals surface area contributed by atoms with Gasteiger partial charge in [-0.2, -0.15) is 21.0 Å². The molecule has 0 spiro atoms. The van der Waals surface area contributed by atoms with Gasteiger partial charge in [0.2, 0.25) is 0 Å². The summed E-state index contributed by atoms with van der Waals surface area (Å²) in [5.74, 6) is -8.11. The quantitative estimate of drug-likeness (QED) is 0.0656. The van der Waals surface area contributed by atoms with E-state index in [0.29, 0.717) is 0 Å². The van der Waals surface area contributed by atoms with Crippen LogP contribution in [0.3, 0.4) is 0 Å². The molecule has 68 heavy (non-hydrogen) atoms. The van der Waals surface area contributed by atoms with Gasteiger partial charge in [0, 0.05) is 0 Å². The molecule has 0 heterocycles. The highest BCUT2D eigenvalue weighted by Gasteiger charge is 2.24. The molecule has 0 aromatic heterocycles. The van der Waals surface area contributed by atoms with E-state index in [2.05, 4.69) is 146 Å². The summed E-state index contributed by atoms with van der Waals surface area (Å²) in [7, 11) is 0. The van der Waals surface area contributed by atoms with Gasteiger partial charge in [0.05, 0.1) is 10.4 Å². The Morgan fingerprint density at radius 2 is 0.324 bits per heavy atom. The highest BCUT2D eigenvalue weighted by Crippen LogP contribution is 2.49. The van der Waals surface area contributed by atoms with E-state index in [0.717, 1.165) is 24.3 Å². The van der Waals surface area contributed by atoms with Gasteiger partial charge >= 0.3 is 0 Å². The predicted molar refractivity (Wildman–Crippen MR) is 265 cm³/mol. The Labute approximate surface area is 381 Å². The van der Waals surface area contributed by atoms with Crippen LogP contribution >= 0.6 is 0 Å². The molecule has 0 bridgehead atoms. The van der Waals surface area contributed by atoms with Crippen molar-refractivity contribution in [2.45, 2.75) is 0 Å². The first-order valence-electron chi connectivity index (χ1n) is 21.6. The predicted octanol–water partition coefficient (Wildman–Crippen LogP) is 14.5. The maximum Gasteiger partial charge on any atom is 0.171 e. The zero-order valence-corrected chi connectivity index (χ0v) is 35.2. The molecule has 0 aliphatic rings. The molecule has 312 valence electrons. The number of rotatable bonds is 0. The van der Waals surface area contributed by atoms with Crippen molar-refractivity contribution in [2.24, 2.45) is 0 Å². The minimum absolute atomic E-state index is 1.09. The van der Waals surface area contributed by atoms with Gasteiger partial charge in [0.15, 0.2) is 23.3 Å². The van der Waals surface area contributed by atoms with Crippen LogP contribution in [0.15, 0.2) is 146 Å². The monoisotopic (exact) mass is 876 g/mol. The zero-order valence-electron chi connectivity index (χ0n) is 35.2. The second kappa shape index (κ2) is 14.0. The molecule has 0 N–H and O–H groups in total. The van der Waals surface area contributed by atoms with Crippen molar-refractivity contribution in [2.75, 3.05) is 0 Å². The topological polar surface area (TPSA) is 95.2 Å². The molecule has 0 aliphatic heterocycles. The van der Waals surface area contributed by atoms with Crippen molar-refractivity contribution < 1.29 is 17.6 Å². The fraction of sp³-hybridized carbons (Fsp3) is 0. The summed E-state index contributed by atoms with van der Waals surface area (Å²) in [6.45, 7) is 0. The molecule has 4 nitrogen and oxygen atoms in total. The van der Waals surface area contributed by atoms with Gasteiger partial charge in [0.1, 0.15) is 35.4 Å². The second-order valence-electron chi connectivity index (χ2n) is 17.2. The maximum absolute atomic E-state index is 13.6. The summed E-state index contributed by atoms with van der Waals surface area (Å²) in [4.78, 5) is 0. The lowest BCUT2D eigenvalue weighted by atomic mass is 9.83. The van der Waals surface area contributed by atoms with E-state index in [1.165, 1.54) is 129 Å². The third kappa shape index (κ3) is 4.98. The average molecular weight is 877 g/mol. The largest absolute Gasteiger partial charge is 0.203 e. The van der Waals surface area contributed by atoms with E-state index in [4.69, 9.17) is 21.0 Å². The molecule has 8 heteroatoms. The normalized spacial score (nSPS) is 11.8. The Morgan fingerprint density at radius 3 is 0.412 bits per heavy atom. The van der Waals surface area contributed by atoms with E-state index >= 15 is 0 Å². The molecular weight excluding hydrogens is 853 g/mol. The first-order valence-corrected chi connectivity index (χ1v) is 21.6. The third-order valence-corrected chi connectivity index (χ3v) is 14.0. The first kappa shape index (κ1) is 38.8. The van der Waals surface area contributed by atoms with Crippen molar-refractivity contribution in [1.29, 1.82) is 21.0 Å². The van der Waals surface area contributed by atoms with Gasteiger partial charge in [-0.15, -0.1) is 0 Å². The summed E-state index contributed by atoms with van der Waals surface area (Å²) in [5.41, 5.74) is -2.36. The number of nitriles is 4. The molecule has 15 aromatic rings. The molecule has 0 atom stereocenters. The van der Waals surface area contributed by atoms with Gasteiger partial charge in [-0.05, 0) is 129 Å². The Hall–Kier alpha value is -9.60. The highest BCUT2D eigenvalue weighted by molar-refractivity contribution is 6.46. The van der Waals surface area contributed by atoms with E-state index in [-0.39, 0.29) is 0 Å². The average Bonchev–Trinajstić information content (AvgIpc) is 3.39.